The quantitative estimate of drug-likeness (QED) is 0.658. The molecule has 1 rings (SSSR count). The third-order valence-electron chi connectivity index (χ3n) is 2.52. The minimum absolute atomic E-state index is 0.207. The summed E-state index contributed by atoms with van der Waals surface area (Å²) in [5, 5.41) is 1.34. The van der Waals surface area contributed by atoms with Crippen LogP contribution < -0.4 is 5.43 Å². The fraction of sp³-hybridized carbons (Fsp3) is 0.429. The molecule has 18 heavy (non-hydrogen) atoms. The van der Waals surface area contributed by atoms with E-state index >= 15 is 0 Å². The molecule has 0 bridgehead atoms. The number of aryl methyl sites for hydroxylation is 2. The van der Waals surface area contributed by atoms with Gasteiger partial charge in [-0.05, 0) is 46.8 Å². The number of nitrogens with one attached hydrogen (secondary N) is 1. The molecule has 1 N–H and O–H groups in total. The molecule has 0 radical (unpaired) electrons. The number of carbonyl (C=O) groups excluding carboxylic acids is 2. The van der Waals surface area contributed by atoms with Gasteiger partial charge in [0.1, 0.15) is 0 Å². The van der Waals surface area contributed by atoms with E-state index in [-0.39, 0.29) is 5.91 Å². The number of benzene rings is 1. The van der Waals surface area contributed by atoms with Crippen LogP contribution in [-0.2, 0) is 4.79 Å². The zero-order chi connectivity index (χ0) is 13.9. The summed E-state index contributed by atoms with van der Waals surface area (Å²) in [6.07, 6.45) is 0.520. The van der Waals surface area contributed by atoms with Gasteiger partial charge in [-0.25, -0.2) is 5.01 Å². The smallest absolute Gasteiger partial charge is 0.272 e. The maximum atomic E-state index is 12.4. The van der Waals surface area contributed by atoms with Crippen LogP contribution >= 0.6 is 0 Å². The van der Waals surface area contributed by atoms with Gasteiger partial charge in [0.25, 0.3) is 5.91 Å². The van der Waals surface area contributed by atoms with Crippen LogP contribution in [-0.4, -0.2) is 22.9 Å². The van der Waals surface area contributed by atoms with E-state index in [2.05, 4.69) is 5.43 Å². The molecular weight excluding hydrogens is 228 g/mol. The van der Waals surface area contributed by atoms with Crippen molar-refractivity contribution in [2.75, 3.05) is 0 Å². The van der Waals surface area contributed by atoms with Gasteiger partial charge in [0.05, 0.1) is 5.54 Å². The van der Waals surface area contributed by atoms with Crippen molar-refractivity contribution in [2.45, 2.75) is 40.2 Å². The fourth-order valence-electron chi connectivity index (χ4n) is 1.84. The van der Waals surface area contributed by atoms with Gasteiger partial charge < -0.3 is 0 Å². The van der Waals surface area contributed by atoms with Gasteiger partial charge in [0, 0.05) is 5.56 Å². The first-order valence-corrected chi connectivity index (χ1v) is 5.88. The van der Waals surface area contributed by atoms with Crippen LogP contribution in [0.1, 0.15) is 42.3 Å². The summed E-state index contributed by atoms with van der Waals surface area (Å²) in [6, 6.07) is 5.65. The van der Waals surface area contributed by atoms with E-state index in [1.54, 1.807) is 0 Å². The van der Waals surface area contributed by atoms with Gasteiger partial charge in [0.15, 0.2) is 0 Å². The highest BCUT2D eigenvalue weighted by Crippen LogP contribution is 2.16. The Morgan fingerprint density at radius 1 is 1.17 bits per heavy atom. The molecule has 1 aromatic carbocycles. The Morgan fingerprint density at radius 2 is 1.67 bits per heavy atom. The second-order valence-corrected chi connectivity index (χ2v) is 5.43. The summed E-state index contributed by atoms with van der Waals surface area (Å²) in [7, 11) is 0. The van der Waals surface area contributed by atoms with E-state index in [0.717, 1.165) is 11.1 Å². The van der Waals surface area contributed by atoms with Crippen LogP contribution in [0, 0.1) is 13.8 Å². The lowest BCUT2D eigenvalue weighted by atomic mass is 10.0. The molecule has 0 fully saturated rings. The van der Waals surface area contributed by atoms with Gasteiger partial charge >= 0.3 is 0 Å². The van der Waals surface area contributed by atoms with Crippen molar-refractivity contribution in [3.05, 3.63) is 34.9 Å². The number of hydrogen-bond donors (Lipinski definition) is 1. The molecule has 98 valence electrons. The molecule has 0 heterocycles. The van der Waals surface area contributed by atoms with Crippen molar-refractivity contribution in [1.29, 1.82) is 0 Å². The van der Waals surface area contributed by atoms with Crippen molar-refractivity contribution in [3.63, 3.8) is 0 Å². The first-order valence-electron chi connectivity index (χ1n) is 5.88. The predicted octanol–water partition coefficient (Wildman–Crippen LogP) is 2.21. The molecule has 4 nitrogen and oxygen atoms in total. The number of rotatable bonds is 3. The highest BCUT2D eigenvalue weighted by Gasteiger charge is 2.27. The average molecular weight is 248 g/mol. The van der Waals surface area contributed by atoms with Crippen LogP contribution in [0.4, 0.5) is 0 Å². The SMILES string of the molecule is Cc1cc(C)cc(C(=O)N(NC=O)C(C)(C)C)c1. The molecule has 4 heteroatoms. The largest absolute Gasteiger partial charge is 0.277 e. The minimum Gasteiger partial charge on any atom is -0.277 e. The number of hydrogen-bond acceptors (Lipinski definition) is 2. The van der Waals surface area contributed by atoms with Crippen LogP contribution in [0.15, 0.2) is 18.2 Å². The van der Waals surface area contributed by atoms with E-state index in [1.165, 1.54) is 5.01 Å². The van der Waals surface area contributed by atoms with Crippen LogP contribution in [0.25, 0.3) is 0 Å². The van der Waals surface area contributed by atoms with Gasteiger partial charge in [-0.15, -0.1) is 0 Å². The Hall–Kier alpha value is -1.84. The Morgan fingerprint density at radius 3 is 2.06 bits per heavy atom. The van der Waals surface area contributed by atoms with Gasteiger partial charge in [-0.2, -0.15) is 0 Å². The number of amides is 2. The number of nitrogens with zero attached hydrogens (tertiary/aromatic N) is 1. The zero-order valence-corrected chi connectivity index (χ0v) is 11.6. The molecule has 0 aliphatic heterocycles. The second kappa shape index (κ2) is 5.21. The van der Waals surface area contributed by atoms with E-state index in [1.807, 2.05) is 52.8 Å². The van der Waals surface area contributed by atoms with Crippen molar-refractivity contribution in [2.24, 2.45) is 0 Å². The van der Waals surface area contributed by atoms with Crippen molar-refractivity contribution in [1.82, 2.24) is 10.4 Å². The monoisotopic (exact) mass is 248 g/mol. The lowest BCUT2D eigenvalue weighted by Gasteiger charge is -2.34. The molecule has 0 saturated heterocycles. The van der Waals surface area contributed by atoms with E-state index in [9.17, 15) is 9.59 Å². The maximum Gasteiger partial charge on any atom is 0.272 e. The second-order valence-electron chi connectivity index (χ2n) is 5.43. The lowest BCUT2D eigenvalue weighted by molar-refractivity contribution is -0.114. The Labute approximate surface area is 108 Å². The van der Waals surface area contributed by atoms with Crippen LogP contribution in [0.3, 0.4) is 0 Å². The van der Waals surface area contributed by atoms with Crippen LogP contribution in [0.5, 0.6) is 0 Å². The highest BCUT2D eigenvalue weighted by molar-refractivity contribution is 5.95. The fourth-order valence-corrected chi connectivity index (χ4v) is 1.84. The van der Waals surface area contributed by atoms with E-state index in [4.69, 9.17) is 0 Å². The minimum atomic E-state index is -0.477. The molecule has 0 aromatic heterocycles. The third kappa shape index (κ3) is 3.32. The van der Waals surface area contributed by atoms with Gasteiger partial charge in [0.2, 0.25) is 6.41 Å². The Balaban J connectivity index is 3.13. The van der Waals surface area contributed by atoms with Gasteiger partial charge in [-0.1, -0.05) is 17.2 Å². The molecule has 0 unspecified atom stereocenters. The van der Waals surface area contributed by atoms with Gasteiger partial charge in [-0.3, -0.25) is 15.0 Å². The summed E-state index contributed by atoms with van der Waals surface area (Å²) in [4.78, 5) is 23.0. The summed E-state index contributed by atoms with van der Waals surface area (Å²) < 4.78 is 0. The molecule has 2 amide bonds. The third-order valence-corrected chi connectivity index (χ3v) is 2.52. The zero-order valence-electron chi connectivity index (χ0n) is 11.6. The van der Waals surface area contributed by atoms with E-state index < -0.39 is 5.54 Å². The van der Waals surface area contributed by atoms with E-state index in [0.29, 0.717) is 12.0 Å². The molecule has 0 spiro atoms. The molecule has 0 saturated carbocycles. The lowest BCUT2D eigenvalue weighted by Crippen LogP contribution is -2.53. The van der Waals surface area contributed by atoms with Crippen molar-refractivity contribution < 1.29 is 9.59 Å². The van der Waals surface area contributed by atoms with Crippen molar-refractivity contribution >= 4 is 12.3 Å². The molecule has 1 aromatic rings. The molecule has 0 aliphatic carbocycles. The molecule has 0 atom stereocenters. The first-order chi connectivity index (χ1) is 8.25. The van der Waals surface area contributed by atoms with Crippen LogP contribution in [0.2, 0.25) is 0 Å². The maximum absolute atomic E-state index is 12.4. The van der Waals surface area contributed by atoms with Crippen molar-refractivity contribution in [3.8, 4) is 0 Å². The Kier molecular flexibility index (Phi) is 4.11. The average Bonchev–Trinajstić information content (AvgIpc) is 2.22. The number of hydrazine groups is 1. The summed E-state index contributed by atoms with van der Waals surface area (Å²) >= 11 is 0. The first kappa shape index (κ1) is 14.2. The topological polar surface area (TPSA) is 49.4 Å². The standard InChI is InChI=1S/C14H20N2O2/c1-10-6-11(2)8-12(7-10)13(18)16(15-9-17)14(3,4)5/h6-9H,1-5H3,(H,15,17). The Bertz CT molecular complexity index is 441. The normalized spacial score (nSPS) is 10.9. The summed E-state index contributed by atoms with van der Waals surface area (Å²) in [6.45, 7) is 9.48. The summed E-state index contributed by atoms with van der Waals surface area (Å²) in [5.41, 5.74) is 4.62. The predicted molar refractivity (Wildman–Crippen MR) is 71.0 cm³/mol. The molecule has 0 aliphatic rings. The highest BCUT2D eigenvalue weighted by atomic mass is 16.2. The number of carbonyl (C=O) groups is 2. The molecular formula is C14H20N2O2. The summed E-state index contributed by atoms with van der Waals surface area (Å²) in [5.74, 6) is -0.207.